The van der Waals surface area contributed by atoms with Crippen molar-refractivity contribution in [2.24, 2.45) is 0 Å². The average molecular weight is 258 g/mol. The van der Waals surface area contributed by atoms with E-state index >= 15 is 0 Å². The van der Waals surface area contributed by atoms with Gasteiger partial charge in [-0.1, -0.05) is 38.1 Å². The van der Waals surface area contributed by atoms with E-state index in [1.807, 2.05) is 31.2 Å². The largest absolute Gasteiger partial charge is 0.504 e. The van der Waals surface area contributed by atoms with Crippen LogP contribution in [0.5, 0.6) is 17.2 Å². The van der Waals surface area contributed by atoms with E-state index < -0.39 is 5.75 Å². The molecule has 0 fully saturated rings. The Labute approximate surface area is 112 Å². The summed E-state index contributed by atoms with van der Waals surface area (Å²) < 4.78 is 0. The molecule has 0 bridgehead atoms. The topological polar surface area (TPSA) is 60.7 Å². The number of phenols is 3. The van der Waals surface area contributed by atoms with Gasteiger partial charge in [-0.25, -0.2) is 0 Å². The Bertz CT molecular complexity index is 586. The van der Waals surface area contributed by atoms with Crippen LogP contribution in [0.1, 0.15) is 25.0 Å². The molecule has 2 rings (SSSR count). The van der Waals surface area contributed by atoms with Crippen LogP contribution in [0.15, 0.2) is 30.3 Å². The monoisotopic (exact) mass is 258 g/mol. The summed E-state index contributed by atoms with van der Waals surface area (Å²) in [6.45, 7) is 3.99. The fourth-order valence-corrected chi connectivity index (χ4v) is 2.22. The van der Waals surface area contributed by atoms with Crippen LogP contribution in [-0.4, -0.2) is 15.3 Å². The maximum Gasteiger partial charge on any atom is 0.200 e. The summed E-state index contributed by atoms with van der Waals surface area (Å²) in [6.07, 6.45) is 1.54. The molecule has 0 unspecified atom stereocenters. The third kappa shape index (κ3) is 2.36. The lowest BCUT2D eigenvalue weighted by Crippen LogP contribution is -1.90. The van der Waals surface area contributed by atoms with E-state index in [9.17, 15) is 15.3 Å². The van der Waals surface area contributed by atoms with E-state index in [1.165, 1.54) is 11.6 Å². The third-order valence-electron chi connectivity index (χ3n) is 3.39. The van der Waals surface area contributed by atoms with E-state index in [4.69, 9.17) is 0 Å². The van der Waals surface area contributed by atoms with Crippen LogP contribution in [0, 0.1) is 0 Å². The second-order valence-corrected chi connectivity index (χ2v) is 4.52. The molecule has 0 spiro atoms. The van der Waals surface area contributed by atoms with Gasteiger partial charge in [-0.15, -0.1) is 0 Å². The Morgan fingerprint density at radius 2 is 1.47 bits per heavy atom. The van der Waals surface area contributed by atoms with Gasteiger partial charge in [0.1, 0.15) is 0 Å². The summed E-state index contributed by atoms with van der Waals surface area (Å²) in [6, 6.07) is 9.47. The van der Waals surface area contributed by atoms with Crippen molar-refractivity contribution in [1.82, 2.24) is 0 Å². The number of hydrogen-bond acceptors (Lipinski definition) is 3. The molecule has 3 heteroatoms. The Kier molecular flexibility index (Phi) is 3.65. The van der Waals surface area contributed by atoms with E-state index in [0.717, 1.165) is 17.5 Å². The van der Waals surface area contributed by atoms with Crippen LogP contribution in [0.2, 0.25) is 0 Å². The smallest absolute Gasteiger partial charge is 0.200 e. The van der Waals surface area contributed by atoms with Gasteiger partial charge < -0.3 is 15.3 Å². The Balaban J connectivity index is 2.60. The predicted molar refractivity (Wildman–Crippen MR) is 75.6 cm³/mol. The molecule has 0 atom stereocenters. The molecule has 2 aromatic carbocycles. The van der Waals surface area contributed by atoms with E-state index in [0.29, 0.717) is 12.0 Å². The van der Waals surface area contributed by atoms with Crippen LogP contribution in [0.25, 0.3) is 11.1 Å². The summed E-state index contributed by atoms with van der Waals surface area (Å²) >= 11 is 0. The van der Waals surface area contributed by atoms with Crippen molar-refractivity contribution in [2.75, 3.05) is 0 Å². The highest BCUT2D eigenvalue weighted by Gasteiger charge is 2.16. The average Bonchev–Trinajstić information content (AvgIpc) is 2.44. The van der Waals surface area contributed by atoms with Gasteiger partial charge >= 0.3 is 0 Å². The molecule has 0 aliphatic rings. The molecule has 0 radical (unpaired) electrons. The molecule has 0 aromatic heterocycles. The minimum absolute atomic E-state index is 0.239. The number of aryl methyl sites for hydroxylation is 1. The molecule has 0 aliphatic heterocycles. The van der Waals surface area contributed by atoms with Gasteiger partial charge in [0.2, 0.25) is 5.75 Å². The highest BCUT2D eigenvalue weighted by atomic mass is 16.3. The van der Waals surface area contributed by atoms with Crippen molar-refractivity contribution in [3.63, 3.8) is 0 Å². The first-order valence-electron chi connectivity index (χ1n) is 6.44. The molecule has 0 amide bonds. The van der Waals surface area contributed by atoms with Gasteiger partial charge in [0.15, 0.2) is 11.5 Å². The molecule has 100 valence electrons. The first-order chi connectivity index (χ1) is 9.08. The minimum Gasteiger partial charge on any atom is -0.504 e. The molecule has 0 aliphatic carbocycles. The van der Waals surface area contributed by atoms with Crippen molar-refractivity contribution < 1.29 is 15.3 Å². The van der Waals surface area contributed by atoms with Gasteiger partial charge in [0, 0.05) is 5.56 Å². The summed E-state index contributed by atoms with van der Waals surface area (Å²) in [5, 5.41) is 29.1. The van der Waals surface area contributed by atoms with Gasteiger partial charge in [0.05, 0.1) is 0 Å². The van der Waals surface area contributed by atoms with Crippen LogP contribution < -0.4 is 0 Å². The molecule has 2 aromatic rings. The summed E-state index contributed by atoms with van der Waals surface area (Å²) in [7, 11) is 0. The van der Waals surface area contributed by atoms with Crippen LogP contribution in [0.4, 0.5) is 0 Å². The first kappa shape index (κ1) is 13.3. The highest BCUT2D eigenvalue weighted by molar-refractivity contribution is 5.75. The van der Waals surface area contributed by atoms with Gasteiger partial charge in [0.25, 0.3) is 0 Å². The lowest BCUT2D eigenvalue weighted by Gasteiger charge is -2.13. The minimum atomic E-state index is -0.453. The quantitative estimate of drug-likeness (QED) is 0.737. The van der Waals surface area contributed by atoms with Gasteiger partial charge in [-0.3, -0.25) is 0 Å². The lowest BCUT2D eigenvalue weighted by atomic mass is 9.95. The Morgan fingerprint density at radius 1 is 0.842 bits per heavy atom. The molecule has 0 saturated heterocycles. The Hall–Kier alpha value is -2.16. The molecular formula is C16H18O3. The molecule has 3 nitrogen and oxygen atoms in total. The fourth-order valence-electron chi connectivity index (χ4n) is 2.22. The van der Waals surface area contributed by atoms with Crippen LogP contribution in [-0.2, 0) is 12.8 Å². The zero-order chi connectivity index (χ0) is 14.0. The number of hydrogen-bond donors (Lipinski definition) is 3. The summed E-state index contributed by atoms with van der Waals surface area (Å²) in [5.74, 6) is -0.993. The number of aromatic hydroxyl groups is 3. The third-order valence-corrected chi connectivity index (χ3v) is 3.39. The number of benzene rings is 2. The number of rotatable bonds is 3. The summed E-state index contributed by atoms with van der Waals surface area (Å²) in [4.78, 5) is 0. The SMILES string of the molecule is CCc1ccc(-c2cc(O)c(O)c(O)c2CC)cc1. The van der Waals surface area contributed by atoms with Crippen molar-refractivity contribution >= 4 is 0 Å². The van der Waals surface area contributed by atoms with Gasteiger partial charge in [-0.2, -0.15) is 0 Å². The predicted octanol–water partition coefficient (Wildman–Crippen LogP) is 3.60. The zero-order valence-corrected chi connectivity index (χ0v) is 11.1. The normalized spacial score (nSPS) is 10.6. The standard InChI is InChI=1S/C16H18O3/c1-3-10-5-7-11(8-6-10)13-9-14(17)16(19)15(18)12(13)4-2/h5-9,17-19H,3-4H2,1-2H3. The molecule has 3 N–H and O–H groups in total. The van der Waals surface area contributed by atoms with Crippen molar-refractivity contribution in [3.8, 4) is 28.4 Å². The molecular weight excluding hydrogens is 240 g/mol. The van der Waals surface area contributed by atoms with E-state index in [1.54, 1.807) is 0 Å². The fraction of sp³-hybridized carbons (Fsp3) is 0.250. The molecule has 19 heavy (non-hydrogen) atoms. The summed E-state index contributed by atoms with van der Waals surface area (Å²) in [5.41, 5.74) is 3.53. The first-order valence-corrected chi connectivity index (χ1v) is 6.44. The lowest BCUT2D eigenvalue weighted by molar-refractivity contribution is 0.365. The van der Waals surface area contributed by atoms with E-state index in [2.05, 4.69) is 6.92 Å². The van der Waals surface area contributed by atoms with Crippen molar-refractivity contribution in [2.45, 2.75) is 26.7 Å². The second kappa shape index (κ2) is 5.22. The molecule has 0 heterocycles. The maximum atomic E-state index is 9.91. The van der Waals surface area contributed by atoms with Crippen LogP contribution in [0.3, 0.4) is 0 Å². The zero-order valence-electron chi connectivity index (χ0n) is 11.1. The van der Waals surface area contributed by atoms with E-state index in [-0.39, 0.29) is 11.5 Å². The second-order valence-electron chi connectivity index (χ2n) is 4.52. The Morgan fingerprint density at radius 3 is 2.00 bits per heavy atom. The van der Waals surface area contributed by atoms with Crippen molar-refractivity contribution in [3.05, 3.63) is 41.5 Å². The van der Waals surface area contributed by atoms with Crippen molar-refractivity contribution in [1.29, 1.82) is 0 Å². The number of phenolic OH excluding ortho intramolecular Hbond substituents is 3. The highest BCUT2D eigenvalue weighted by Crippen LogP contribution is 2.43. The maximum absolute atomic E-state index is 9.91. The van der Waals surface area contributed by atoms with Crippen LogP contribution >= 0.6 is 0 Å². The molecule has 0 saturated carbocycles. The van der Waals surface area contributed by atoms with Gasteiger partial charge in [-0.05, 0) is 35.6 Å².